The summed E-state index contributed by atoms with van der Waals surface area (Å²) < 4.78 is -1.14. The highest BCUT2D eigenvalue weighted by atomic mass is 79.9. The molecule has 20 heavy (non-hydrogen) atoms. The normalized spacial score (nSPS) is 42.4. The zero-order chi connectivity index (χ0) is 14.2. The van der Waals surface area contributed by atoms with Gasteiger partial charge in [-0.2, -0.15) is 0 Å². The minimum Gasteiger partial charge on any atom is -0.318 e. The zero-order valence-corrected chi connectivity index (χ0v) is 11.8. The number of urea groups is 2. The number of nitrogens with zero attached hydrogens (tertiary/aromatic N) is 2. The Hall–Kier alpha value is -1.64. The van der Waals surface area contributed by atoms with Gasteiger partial charge in [0.15, 0.2) is 0 Å². The molecule has 8 nitrogen and oxygen atoms in total. The van der Waals surface area contributed by atoms with Crippen LogP contribution in [0.15, 0.2) is 0 Å². The molecule has 9 heteroatoms. The van der Waals surface area contributed by atoms with E-state index in [-0.39, 0.29) is 0 Å². The molecule has 0 radical (unpaired) electrons. The molecule has 4 rings (SSSR count). The molecule has 0 aromatic carbocycles. The van der Waals surface area contributed by atoms with Crippen LogP contribution >= 0.6 is 15.9 Å². The van der Waals surface area contributed by atoms with Crippen molar-refractivity contribution in [2.24, 2.45) is 5.92 Å². The van der Waals surface area contributed by atoms with E-state index in [0.717, 1.165) is 0 Å². The van der Waals surface area contributed by atoms with Crippen LogP contribution in [0.4, 0.5) is 9.59 Å². The van der Waals surface area contributed by atoms with Crippen molar-refractivity contribution in [3.63, 3.8) is 0 Å². The standard InChI is InChI=1S/C11H11BrN4O4/c12-11-4-5-6(11)16(10(20)14-8(11)18)3-1-2-15(5)9(19)13-7(4)17/h4-6H,1-3H2,(H,13,17,19)(H,14,18,20). The molecule has 4 fully saturated rings. The van der Waals surface area contributed by atoms with Gasteiger partial charge >= 0.3 is 12.1 Å². The van der Waals surface area contributed by atoms with Gasteiger partial charge in [0.25, 0.3) is 0 Å². The van der Waals surface area contributed by atoms with E-state index in [0.29, 0.717) is 19.5 Å². The second kappa shape index (κ2) is 3.51. The van der Waals surface area contributed by atoms with Crippen molar-refractivity contribution in [1.29, 1.82) is 0 Å². The van der Waals surface area contributed by atoms with Gasteiger partial charge in [-0.1, -0.05) is 15.9 Å². The first-order valence-electron chi connectivity index (χ1n) is 6.38. The molecule has 106 valence electrons. The first-order chi connectivity index (χ1) is 9.46. The number of nitrogens with one attached hydrogen (secondary N) is 2. The van der Waals surface area contributed by atoms with E-state index in [9.17, 15) is 19.2 Å². The van der Waals surface area contributed by atoms with Crippen molar-refractivity contribution in [3.05, 3.63) is 0 Å². The van der Waals surface area contributed by atoms with E-state index in [1.54, 1.807) is 9.80 Å². The molecule has 1 aliphatic carbocycles. The van der Waals surface area contributed by atoms with Crippen molar-refractivity contribution in [2.75, 3.05) is 13.1 Å². The molecule has 6 amide bonds. The number of alkyl halides is 1. The minimum atomic E-state index is -1.14. The Morgan fingerprint density at radius 1 is 1.05 bits per heavy atom. The van der Waals surface area contributed by atoms with Crippen LogP contribution in [0, 0.1) is 5.92 Å². The van der Waals surface area contributed by atoms with E-state index < -0.39 is 46.2 Å². The summed E-state index contributed by atoms with van der Waals surface area (Å²) >= 11 is 3.37. The maximum atomic E-state index is 12.2. The number of carbonyl (C=O) groups excluding carboxylic acids is 4. The molecule has 3 heterocycles. The fourth-order valence-electron chi connectivity index (χ4n) is 3.81. The third-order valence-electron chi connectivity index (χ3n) is 4.64. The highest BCUT2D eigenvalue weighted by Gasteiger charge is 2.76. The maximum Gasteiger partial charge on any atom is 0.324 e. The molecule has 1 saturated carbocycles. The largest absolute Gasteiger partial charge is 0.324 e. The molecule has 0 aromatic rings. The monoisotopic (exact) mass is 342 g/mol. The second-order valence-corrected chi connectivity index (χ2v) is 6.79. The van der Waals surface area contributed by atoms with Gasteiger partial charge < -0.3 is 9.80 Å². The van der Waals surface area contributed by atoms with Crippen molar-refractivity contribution in [2.45, 2.75) is 22.8 Å². The first kappa shape index (κ1) is 12.1. The molecular formula is C11H11BrN4O4. The van der Waals surface area contributed by atoms with Crippen molar-refractivity contribution >= 4 is 39.8 Å². The SMILES string of the molecule is O=C1NC(=O)N2CCCN3C(=O)NC(=O)C4(Br)C1C2C34. The summed E-state index contributed by atoms with van der Waals surface area (Å²) in [6, 6.07) is -1.79. The number of halogens is 1. The highest BCUT2D eigenvalue weighted by molar-refractivity contribution is 9.10. The molecule has 0 aromatic heterocycles. The Morgan fingerprint density at radius 3 is 2.45 bits per heavy atom. The van der Waals surface area contributed by atoms with Gasteiger partial charge in [-0.3, -0.25) is 20.2 Å². The number of imide groups is 2. The van der Waals surface area contributed by atoms with Crippen LogP contribution in [0.25, 0.3) is 0 Å². The van der Waals surface area contributed by atoms with E-state index in [1.807, 2.05) is 0 Å². The van der Waals surface area contributed by atoms with Gasteiger partial charge in [-0.05, 0) is 6.42 Å². The molecule has 2 N–H and O–H groups in total. The van der Waals surface area contributed by atoms with E-state index in [1.165, 1.54) is 0 Å². The van der Waals surface area contributed by atoms with Gasteiger partial charge in [-0.15, -0.1) is 0 Å². The summed E-state index contributed by atoms with van der Waals surface area (Å²) in [4.78, 5) is 51.2. The third-order valence-corrected chi connectivity index (χ3v) is 5.97. The lowest BCUT2D eigenvalue weighted by atomic mass is 9.61. The maximum absolute atomic E-state index is 12.2. The molecule has 0 bridgehead atoms. The Kier molecular flexibility index (Phi) is 2.13. The summed E-state index contributed by atoms with van der Waals surface area (Å²) in [7, 11) is 0. The van der Waals surface area contributed by atoms with E-state index in [2.05, 4.69) is 26.6 Å². The fourth-order valence-corrected chi connectivity index (χ4v) is 4.91. The molecule has 3 saturated heterocycles. The molecule has 0 spiro atoms. The first-order valence-corrected chi connectivity index (χ1v) is 7.18. The lowest BCUT2D eigenvalue weighted by Gasteiger charge is -2.63. The number of carbonyl (C=O) groups is 4. The van der Waals surface area contributed by atoms with Crippen LogP contribution in [0.1, 0.15) is 6.42 Å². The molecule has 3 aliphatic heterocycles. The molecular weight excluding hydrogens is 332 g/mol. The summed E-state index contributed by atoms with van der Waals surface area (Å²) in [5.74, 6) is -1.63. The highest BCUT2D eigenvalue weighted by Crippen LogP contribution is 2.54. The zero-order valence-electron chi connectivity index (χ0n) is 10.3. The minimum absolute atomic E-state index is 0.423. The van der Waals surface area contributed by atoms with Crippen LogP contribution in [-0.2, 0) is 9.59 Å². The van der Waals surface area contributed by atoms with Gasteiger partial charge in [-0.25, -0.2) is 9.59 Å². The second-order valence-electron chi connectivity index (χ2n) is 5.48. The smallest absolute Gasteiger partial charge is 0.318 e. The van der Waals surface area contributed by atoms with Gasteiger partial charge in [0, 0.05) is 13.1 Å². The number of amides is 6. The summed E-state index contributed by atoms with van der Waals surface area (Å²) in [5, 5.41) is 4.58. The Bertz CT molecular complexity index is 581. The number of hydrogen-bond acceptors (Lipinski definition) is 4. The van der Waals surface area contributed by atoms with E-state index >= 15 is 0 Å². The van der Waals surface area contributed by atoms with E-state index in [4.69, 9.17) is 0 Å². The Labute approximate surface area is 121 Å². The number of fused-ring (bicyclic) bond motifs is 1. The quantitative estimate of drug-likeness (QED) is 0.551. The van der Waals surface area contributed by atoms with Crippen LogP contribution in [0.3, 0.4) is 0 Å². The van der Waals surface area contributed by atoms with Crippen LogP contribution < -0.4 is 10.6 Å². The lowest BCUT2D eigenvalue weighted by molar-refractivity contribution is -0.153. The topological polar surface area (TPSA) is 98.8 Å². The number of hydrogen-bond donors (Lipinski definition) is 2. The van der Waals surface area contributed by atoms with Gasteiger partial charge in [0.05, 0.1) is 18.0 Å². The summed E-state index contributed by atoms with van der Waals surface area (Å²) in [6.45, 7) is 0.927. The lowest BCUT2D eigenvalue weighted by Crippen LogP contribution is -2.88. The van der Waals surface area contributed by atoms with Crippen molar-refractivity contribution in [3.8, 4) is 0 Å². The van der Waals surface area contributed by atoms with Crippen molar-refractivity contribution in [1.82, 2.24) is 20.4 Å². The third kappa shape index (κ3) is 1.13. The van der Waals surface area contributed by atoms with Gasteiger partial charge in [0.1, 0.15) is 4.32 Å². The predicted molar refractivity (Wildman–Crippen MR) is 67.8 cm³/mol. The van der Waals surface area contributed by atoms with Gasteiger partial charge in [0.2, 0.25) is 11.8 Å². The Morgan fingerprint density at radius 2 is 1.70 bits per heavy atom. The van der Waals surface area contributed by atoms with Crippen LogP contribution in [0.5, 0.6) is 0 Å². The number of rotatable bonds is 0. The summed E-state index contributed by atoms with van der Waals surface area (Å²) in [5.41, 5.74) is 0. The molecule has 4 atom stereocenters. The summed E-state index contributed by atoms with van der Waals surface area (Å²) in [6.07, 6.45) is 0.617. The predicted octanol–water partition coefficient (Wildman–Crippen LogP) is -1.01. The average molecular weight is 343 g/mol. The Balaban J connectivity index is 1.86. The van der Waals surface area contributed by atoms with Crippen LogP contribution in [-0.4, -0.2) is 63.2 Å². The molecule has 4 aliphatic rings. The van der Waals surface area contributed by atoms with Crippen molar-refractivity contribution < 1.29 is 19.2 Å². The molecule has 4 unspecified atom stereocenters. The fraction of sp³-hybridized carbons (Fsp3) is 0.636. The average Bonchev–Trinajstić information content (AvgIpc) is 2.55. The van der Waals surface area contributed by atoms with Crippen LogP contribution in [0.2, 0.25) is 0 Å².